The molecule has 0 saturated carbocycles. The van der Waals surface area contributed by atoms with Gasteiger partial charge in [-0.25, -0.2) is 0 Å². The van der Waals surface area contributed by atoms with Gasteiger partial charge in [0.1, 0.15) is 6.04 Å². The summed E-state index contributed by atoms with van der Waals surface area (Å²) in [5, 5.41) is 4.78. The quantitative estimate of drug-likeness (QED) is 0.593. The van der Waals surface area contributed by atoms with Gasteiger partial charge in [0.05, 0.1) is 0 Å². The molecule has 4 nitrogen and oxygen atoms in total. The van der Waals surface area contributed by atoms with E-state index in [2.05, 4.69) is 27.9 Å². The van der Waals surface area contributed by atoms with Gasteiger partial charge in [0.2, 0.25) is 5.91 Å². The molecule has 0 aliphatic carbocycles. The van der Waals surface area contributed by atoms with E-state index in [0.717, 1.165) is 19.9 Å². The summed E-state index contributed by atoms with van der Waals surface area (Å²) in [6, 6.07) is 20.3. The SMILES string of the molecule is NC(=O)[C@@H](Cc1ccc(I)cc1)NC(=O)c1ccc2ccccc2c1. The first-order valence-corrected chi connectivity index (χ1v) is 8.94. The second-order valence-electron chi connectivity index (χ2n) is 5.82. The Morgan fingerprint density at radius 2 is 1.64 bits per heavy atom. The maximum atomic E-state index is 12.5. The van der Waals surface area contributed by atoms with Crippen molar-refractivity contribution in [1.82, 2.24) is 5.32 Å². The van der Waals surface area contributed by atoms with Crippen molar-refractivity contribution in [2.24, 2.45) is 5.73 Å². The summed E-state index contributed by atoms with van der Waals surface area (Å²) in [7, 11) is 0. The van der Waals surface area contributed by atoms with Crippen LogP contribution in [-0.4, -0.2) is 17.9 Å². The summed E-state index contributed by atoms with van der Waals surface area (Å²) in [5.41, 5.74) is 6.93. The molecule has 0 aromatic heterocycles. The van der Waals surface area contributed by atoms with Gasteiger partial charge in [0, 0.05) is 15.6 Å². The minimum atomic E-state index is -0.751. The minimum Gasteiger partial charge on any atom is -0.368 e. The molecule has 1 atom stereocenters. The van der Waals surface area contributed by atoms with E-state index in [1.54, 1.807) is 6.07 Å². The van der Waals surface area contributed by atoms with Crippen LogP contribution in [0.3, 0.4) is 0 Å². The zero-order valence-electron chi connectivity index (χ0n) is 13.4. The van der Waals surface area contributed by atoms with E-state index in [-0.39, 0.29) is 5.91 Å². The molecule has 0 fully saturated rings. The van der Waals surface area contributed by atoms with Crippen LogP contribution in [-0.2, 0) is 11.2 Å². The molecule has 2 amide bonds. The van der Waals surface area contributed by atoms with Crippen molar-refractivity contribution in [3.05, 3.63) is 81.4 Å². The zero-order chi connectivity index (χ0) is 17.8. The first-order chi connectivity index (χ1) is 12.0. The highest BCUT2D eigenvalue weighted by molar-refractivity contribution is 14.1. The lowest BCUT2D eigenvalue weighted by atomic mass is 10.0. The van der Waals surface area contributed by atoms with E-state index in [9.17, 15) is 9.59 Å². The summed E-state index contributed by atoms with van der Waals surface area (Å²) in [6.45, 7) is 0. The van der Waals surface area contributed by atoms with Crippen LogP contribution in [0.4, 0.5) is 0 Å². The highest BCUT2D eigenvalue weighted by Crippen LogP contribution is 2.16. The lowest BCUT2D eigenvalue weighted by Crippen LogP contribution is -2.45. The summed E-state index contributed by atoms with van der Waals surface area (Å²) >= 11 is 2.22. The van der Waals surface area contributed by atoms with Gasteiger partial charge in [-0.2, -0.15) is 0 Å². The fourth-order valence-electron chi connectivity index (χ4n) is 2.65. The Bertz CT molecular complexity index is 922. The van der Waals surface area contributed by atoms with Crippen LogP contribution in [0.15, 0.2) is 66.7 Å². The fourth-order valence-corrected chi connectivity index (χ4v) is 3.01. The molecular weight excluding hydrogens is 427 g/mol. The number of benzene rings is 3. The largest absolute Gasteiger partial charge is 0.368 e. The van der Waals surface area contributed by atoms with Gasteiger partial charge in [0.15, 0.2) is 0 Å². The number of rotatable bonds is 5. The van der Waals surface area contributed by atoms with E-state index < -0.39 is 11.9 Å². The molecule has 0 aliphatic rings. The van der Waals surface area contributed by atoms with Gasteiger partial charge in [-0.05, 0) is 63.2 Å². The molecule has 0 bridgehead atoms. The molecule has 3 aromatic carbocycles. The average Bonchev–Trinajstić information content (AvgIpc) is 2.62. The Kier molecular flexibility index (Phi) is 5.33. The first-order valence-electron chi connectivity index (χ1n) is 7.86. The Morgan fingerprint density at radius 1 is 0.960 bits per heavy atom. The maximum Gasteiger partial charge on any atom is 0.251 e. The highest BCUT2D eigenvalue weighted by Gasteiger charge is 2.19. The Hall–Kier alpha value is -2.41. The third-order valence-electron chi connectivity index (χ3n) is 4.01. The van der Waals surface area contributed by atoms with Crippen molar-refractivity contribution in [3.8, 4) is 0 Å². The standard InChI is InChI=1S/C20H17IN2O2/c21-17-9-5-13(6-10-17)11-18(19(22)24)23-20(25)16-8-7-14-3-1-2-4-15(14)12-16/h1-10,12,18H,11H2,(H2,22,24)(H,23,25)/t18-/m1/s1. The summed E-state index contributed by atoms with van der Waals surface area (Å²) in [6.07, 6.45) is 0.367. The molecule has 3 N–H and O–H groups in total. The third kappa shape index (κ3) is 4.36. The molecule has 3 aromatic rings. The van der Waals surface area contributed by atoms with Gasteiger partial charge >= 0.3 is 0 Å². The molecule has 25 heavy (non-hydrogen) atoms. The van der Waals surface area contributed by atoms with Gasteiger partial charge < -0.3 is 11.1 Å². The van der Waals surface area contributed by atoms with E-state index in [4.69, 9.17) is 5.73 Å². The average molecular weight is 444 g/mol. The second-order valence-corrected chi connectivity index (χ2v) is 7.07. The van der Waals surface area contributed by atoms with Crippen LogP contribution in [0.25, 0.3) is 10.8 Å². The number of hydrogen-bond acceptors (Lipinski definition) is 2. The smallest absolute Gasteiger partial charge is 0.251 e. The van der Waals surface area contributed by atoms with Gasteiger partial charge in [-0.1, -0.05) is 42.5 Å². The third-order valence-corrected chi connectivity index (χ3v) is 4.73. The minimum absolute atomic E-state index is 0.305. The van der Waals surface area contributed by atoms with Gasteiger partial charge in [-0.3, -0.25) is 9.59 Å². The molecule has 0 aliphatic heterocycles. The Balaban J connectivity index is 1.77. The number of halogens is 1. The van der Waals surface area contributed by atoms with Crippen molar-refractivity contribution in [1.29, 1.82) is 0 Å². The molecule has 0 unspecified atom stereocenters. The number of nitrogens with one attached hydrogen (secondary N) is 1. The molecule has 126 valence electrons. The van der Waals surface area contributed by atoms with E-state index in [1.165, 1.54) is 0 Å². The van der Waals surface area contributed by atoms with Crippen molar-refractivity contribution in [2.45, 2.75) is 12.5 Å². The molecule has 0 spiro atoms. The lowest BCUT2D eigenvalue weighted by molar-refractivity contribution is -0.119. The summed E-state index contributed by atoms with van der Waals surface area (Å²) in [4.78, 5) is 24.3. The van der Waals surface area contributed by atoms with Crippen LogP contribution in [0.2, 0.25) is 0 Å². The number of primary amides is 1. The predicted octanol–water partition coefficient (Wildman–Crippen LogP) is 3.27. The Labute approximate surface area is 159 Å². The van der Waals surface area contributed by atoms with Crippen molar-refractivity contribution in [3.63, 3.8) is 0 Å². The number of hydrogen-bond donors (Lipinski definition) is 2. The van der Waals surface area contributed by atoms with E-state index >= 15 is 0 Å². The summed E-state index contributed by atoms with van der Waals surface area (Å²) in [5.74, 6) is -0.854. The second kappa shape index (κ2) is 7.65. The zero-order valence-corrected chi connectivity index (χ0v) is 15.6. The highest BCUT2D eigenvalue weighted by atomic mass is 127. The number of carbonyl (C=O) groups is 2. The molecule has 0 radical (unpaired) electrons. The predicted molar refractivity (Wildman–Crippen MR) is 107 cm³/mol. The monoisotopic (exact) mass is 444 g/mol. The molecule has 3 rings (SSSR count). The first kappa shape index (κ1) is 17.4. The van der Waals surface area contributed by atoms with E-state index in [0.29, 0.717) is 12.0 Å². The topological polar surface area (TPSA) is 72.2 Å². The molecule has 5 heteroatoms. The van der Waals surface area contributed by atoms with Crippen LogP contribution in [0.1, 0.15) is 15.9 Å². The van der Waals surface area contributed by atoms with Gasteiger partial charge in [-0.15, -0.1) is 0 Å². The van der Waals surface area contributed by atoms with Crippen LogP contribution in [0.5, 0.6) is 0 Å². The number of fused-ring (bicyclic) bond motifs is 1. The number of amides is 2. The van der Waals surface area contributed by atoms with Gasteiger partial charge in [0.25, 0.3) is 5.91 Å². The van der Waals surface area contributed by atoms with Crippen molar-refractivity contribution >= 4 is 45.2 Å². The maximum absolute atomic E-state index is 12.5. The summed E-state index contributed by atoms with van der Waals surface area (Å²) < 4.78 is 1.11. The van der Waals surface area contributed by atoms with Crippen molar-refractivity contribution in [2.75, 3.05) is 0 Å². The number of carbonyl (C=O) groups excluding carboxylic acids is 2. The Morgan fingerprint density at radius 3 is 2.32 bits per heavy atom. The molecule has 0 heterocycles. The van der Waals surface area contributed by atoms with Crippen LogP contribution in [0, 0.1) is 3.57 Å². The van der Waals surface area contributed by atoms with Crippen LogP contribution < -0.4 is 11.1 Å². The van der Waals surface area contributed by atoms with Crippen LogP contribution >= 0.6 is 22.6 Å². The molecular formula is C20H17IN2O2. The fraction of sp³-hybridized carbons (Fsp3) is 0.100. The van der Waals surface area contributed by atoms with Crippen molar-refractivity contribution < 1.29 is 9.59 Å². The molecule has 0 saturated heterocycles. The van der Waals surface area contributed by atoms with E-state index in [1.807, 2.05) is 60.7 Å². The number of nitrogens with two attached hydrogens (primary N) is 1. The normalized spacial score (nSPS) is 11.9. The lowest BCUT2D eigenvalue weighted by Gasteiger charge is -2.16.